The third-order valence-corrected chi connectivity index (χ3v) is 2.68. The summed E-state index contributed by atoms with van der Waals surface area (Å²) in [4.78, 5) is 22.9. The molecule has 0 unspecified atom stereocenters. The van der Waals surface area contributed by atoms with E-state index in [2.05, 4.69) is 0 Å². The third-order valence-electron chi connectivity index (χ3n) is 2.68. The van der Waals surface area contributed by atoms with Gasteiger partial charge in [-0.15, -0.1) is 0 Å². The normalized spacial score (nSPS) is 10.6. The van der Waals surface area contributed by atoms with Crippen LogP contribution in [0.4, 0.5) is 5.69 Å². The van der Waals surface area contributed by atoms with E-state index >= 15 is 0 Å². The van der Waals surface area contributed by atoms with Crippen molar-refractivity contribution >= 4 is 22.6 Å². The van der Waals surface area contributed by atoms with E-state index in [0.717, 1.165) is 0 Å². The number of carboxylic acid groups (broad SMARTS) is 1. The largest absolute Gasteiger partial charge is 0.477 e. The Morgan fingerprint density at radius 3 is 2.76 bits per heavy atom. The van der Waals surface area contributed by atoms with Crippen LogP contribution in [0.2, 0.25) is 0 Å². The minimum absolute atomic E-state index is 0.232. The Bertz CT molecular complexity index is 659. The van der Waals surface area contributed by atoms with Gasteiger partial charge in [-0.3, -0.25) is 4.79 Å². The average Bonchev–Trinajstić information content (AvgIpc) is 2.29. The van der Waals surface area contributed by atoms with E-state index in [4.69, 9.17) is 10.8 Å². The van der Waals surface area contributed by atoms with Crippen molar-refractivity contribution in [3.8, 4) is 0 Å². The maximum Gasteiger partial charge on any atom is 0.341 e. The maximum absolute atomic E-state index is 11.9. The van der Waals surface area contributed by atoms with Crippen molar-refractivity contribution in [1.82, 2.24) is 4.57 Å². The molecule has 5 heteroatoms. The van der Waals surface area contributed by atoms with Gasteiger partial charge < -0.3 is 15.4 Å². The average molecular weight is 232 g/mol. The molecule has 0 aliphatic rings. The first-order valence-electron chi connectivity index (χ1n) is 5.20. The van der Waals surface area contributed by atoms with Crippen LogP contribution in [0, 0.1) is 0 Å². The molecule has 0 aliphatic carbocycles. The molecule has 0 atom stereocenters. The van der Waals surface area contributed by atoms with Crippen LogP contribution in [0.25, 0.3) is 10.9 Å². The number of nitrogen functional groups attached to an aromatic ring is 1. The number of carbonyl (C=O) groups is 1. The van der Waals surface area contributed by atoms with E-state index in [0.29, 0.717) is 23.1 Å². The second kappa shape index (κ2) is 3.93. The summed E-state index contributed by atoms with van der Waals surface area (Å²) in [5.74, 6) is -1.22. The lowest BCUT2D eigenvalue weighted by Gasteiger charge is -2.10. The Kier molecular flexibility index (Phi) is 2.59. The van der Waals surface area contributed by atoms with Gasteiger partial charge in [-0.05, 0) is 25.1 Å². The van der Waals surface area contributed by atoms with Crippen LogP contribution in [-0.2, 0) is 6.54 Å². The van der Waals surface area contributed by atoms with Crippen molar-refractivity contribution in [2.45, 2.75) is 13.5 Å². The summed E-state index contributed by atoms with van der Waals surface area (Å²) < 4.78 is 1.72. The number of aromatic carboxylic acids is 1. The first-order valence-corrected chi connectivity index (χ1v) is 5.20. The summed E-state index contributed by atoms with van der Waals surface area (Å²) in [6.45, 7) is 2.47. The molecule has 0 spiro atoms. The fourth-order valence-corrected chi connectivity index (χ4v) is 1.83. The molecule has 5 nitrogen and oxygen atoms in total. The number of hydrogen-bond acceptors (Lipinski definition) is 3. The van der Waals surface area contributed by atoms with E-state index in [1.807, 2.05) is 6.92 Å². The minimum atomic E-state index is -1.22. The fraction of sp³-hybridized carbons (Fsp3) is 0.167. The summed E-state index contributed by atoms with van der Waals surface area (Å²) in [6, 6.07) is 4.92. The topological polar surface area (TPSA) is 85.3 Å². The second-order valence-corrected chi connectivity index (χ2v) is 3.74. The highest BCUT2D eigenvalue weighted by Gasteiger charge is 2.13. The molecule has 0 radical (unpaired) electrons. The molecule has 0 bridgehead atoms. The zero-order chi connectivity index (χ0) is 12.6. The van der Waals surface area contributed by atoms with Gasteiger partial charge in [0.2, 0.25) is 5.43 Å². The number of anilines is 1. The number of carboxylic acids is 1. The maximum atomic E-state index is 11.9. The molecular weight excluding hydrogens is 220 g/mol. The molecule has 2 aromatic rings. The molecule has 0 aliphatic heterocycles. The summed E-state index contributed by atoms with van der Waals surface area (Å²) in [7, 11) is 0. The van der Waals surface area contributed by atoms with Crippen molar-refractivity contribution in [1.29, 1.82) is 0 Å². The van der Waals surface area contributed by atoms with Crippen molar-refractivity contribution in [2.75, 3.05) is 5.73 Å². The summed E-state index contributed by atoms with van der Waals surface area (Å²) >= 11 is 0. The Balaban J connectivity index is 2.96. The summed E-state index contributed by atoms with van der Waals surface area (Å²) in [5.41, 5.74) is 6.02. The Morgan fingerprint density at radius 1 is 1.47 bits per heavy atom. The van der Waals surface area contributed by atoms with E-state index in [-0.39, 0.29) is 5.56 Å². The fourth-order valence-electron chi connectivity index (χ4n) is 1.83. The highest BCUT2D eigenvalue weighted by Crippen LogP contribution is 2.15. The number of pyridine rings is 1. The molecule has 17 heavy (non-hydrogen) atoms. The number of hydrogen-bond donors (Lipinski definition) is 2. The van der Waals surface area contributed by atoms with E-state index in [1.165, 1.54) is 12.3 Å². The molecule has 0 saturated heterocycles. The molecule has 3 N–H and O–H groups in total. The van der Waals surface area contributed by atoms with E-state index in [1.54, 1.807) is 16.7 Å². The molecule has 2 rings (SSSR count). The Labute approximate surface area is 97.1 Å². The molecule has 88 valence electrons. The standard InChI is InChI=1S/C12H12N2O3/c1-2-14-6-9(12(16)17)11(15)8-5-7(13)3-4-10(8)14/h3-6H,2,13H2,1H3,(H,16,17). The predicted octanol–water partition coefficient (Wildman–Crippen LogP) is 1.30. The summed E-state index contributed by atoms with van der Waals surface area (Å²) in [6.07, 6.45) is 1.36. The van der Waals surface area contributed by atoms with Crippen LogP contribution in [0.5, 0.6) is 0 Å². The lowest BCUT2D eigenvalue weighted by Crippen LogP contribution is -2.18. The SMILES string of the molecule is CCn1cc(C(=O)O)c(=O)c2cc(N)ccc21. The van der Waals surface area contributed by atoms with Gasteiger partial charge in [0.25, 0.3) is 0 Å². The number of nitrogens with two attached hydrogens (primary N) is 1. The van der Waals surface area contributed by atoms with E-state index < -0.39 is 11.4 Å². The van der Waals surface area contributed by atoms with Crippen molar-refractivity contribution < 1.29 is 9.90 Å². The van der Waals surface area contributed by atoms with E-state index in [9.17, 15) is 9.59 Å². The van der Waals surface area contributed by atoms with Gasteiger partial charge in [-0.1, -0.05) is 0 Å². The monoisotopic (exact) mass is 232 g/mol. The van der Waals surface area contributed by atoms with Gasteiger partial charge in [0, 0.05) is 23.8 Å². The van der Waals surface area contributed by atoms with Gasteiger partial charge in [0.1, 0.15) is 5.56 Å². The zero-order valence-corrected chi connectivity index (χ0v) is 9.30. The number of benzene rings is 1. The van der Waals surface area contributed by atoms with Gasteiger partial charge in [0.05, 0.1) is 5.52 Å². The van der Waals surface area contributed by atoms with Crippen molar-refractivity contribution in [2.24, 2.45) is 0 Å². The van der Waals surface area contributed by atoms with Crippen molar-refractivity contribution in [3.63, 3.8) is 0 Å². The van der Waals surface area contributed by atoms with Crippen LogP contribution >= 0.6 is 0 Å². The molecule has 1 heterocycles. The van der Waals surface area contributed by atoms with Gasteiger partial charge in [0.15, 0.2) is 0 Å². The van der Waals surface area contributed by atoms with Gasteiger partial charge in [-0.2, -0.15) is 0 Å². The Morgan fingerprint density at radius 2 is 2.18 bits per heavy atom. The van der Waals surface area contributed by atoms with Crippen molar-refractivity contribution in [3.05, 3.63) is 40.2 Å². The van der Waals surface area contributed by atoms with Gasteiger partial charge >= 0.3 is 5.97 Å². The highest BCUT2D eigenvalue weighted by atomic mass is 16.4. The summed E-state index contributed by atoms with van der Waals surface area (Å²) in [5, 5.41) is 9.31. The number of aryl methyl sites for hydroxylation is 1. The van der Waals surface area contributed by atoms with Crippen LogP contribution < -0.4 is 11.2 Å². The van der Waals surface area contributed by atoms with Crippen LogP contribution in [0.15, 0.2) is 29.2 Å². The molecule has 0 fully saturated rings. The molecular formula is C12H12N2O3. The molecule has 1 aromatic carbocycles. The quantitative estimate of drug-likeness (QED) is 0.764. The number of nitrogens with zero attached hydrogens (tertiary/aromatic N) is 1. The van der Waals surface area contributed by atoms with Crippen LogP contribution in [0.3, 0.4) is 0 Å². The number of fused-ring (bicyclic) bond motifs is 1. The Hall–Kier alpha value is -2.30. The molecule has 0 saturated carbocycles. The second-order valence-electron chi connectivity index (χ2n) is 3.74. The number of aromatic nitrogens is 1. The smallest absolute Gasteiger partial charge is 0.341 e. The molecule has 0 amide bonds. The lowest BCUT2D eigenvalue weighted by molar-refractivity contribution is 0.0695. The lowest BCUT2D eigenvalue weighted by atomic mass is 10.1. The molecule has 1 aromatic heterocycles. The first kappa shape index (κ1) is 11.2. The highest BCUT2D eigenvalue weighted by molar-refractivity contribution is 5.93. The van der Waals surface area contributed by atoms with Gasteiger partial charge in [-0.25, -0.2) is 4.79 Å². The van der Waals surface area contributed by atoms with Crippen LogP contribution in [-0.4, -0.2) is 15.6 Å². The first-order chi connectivity index (χ1) is 8.04. The number of rotatable bonds is 2. The minimum Gasteiger partial charge on any atom is -0.477 e. The zero-order valence-electron chi connectivity index (χ0n) is 9.30. The van der Waals surface area contributed by atoms with Crippen LogP contribution in [0.1, 0.15) is 17.3 Å². The third kappa shape index (κ3) is 1.75. The predicted molar refractivity (Wildman–Crippen MR) is 65.3 cm³/mol.